The molecule has 16 heavy (non-hydrogen) atoms. The van der Waals surface area contributed by atoms with Crippen LogP contribution >= 0.6 is 0 Å². The monoisotopic (exact) mass is 225 g/mol. The Balaban J connectivity index is 3.10. The first kappa shape index (κ1) is 11.9. The number of nitrogens with zero attached hydrogens (tertiary/aromatic N) is 2. The molecule has 0 bridgehead atoms. The molecule has 7 nitrogen and oxygen atoms in total. The Morgan fingerprint density at radius 3 is 2.75 bits per heavy atom. The number of rotatable bonds is 4. The first-order valence-corrected chi connectivity index (χ1v) is 4.55. The molecule has 0 atom stereocenters. The predicted molar refractivity (Wildman–Crippen MR) is 55.9 cm³/mol. The molecule has 0 saturated carbocycles. The molecule has 2 N–H and O–H groups in total. The third kappa shape index (κ3) is 2.66. The second-order valence-electron chi connectivity index (χ2n) is 3.35. The van der Waals surface area contributed by atoms with E-state index in [1.54, 1.807) is 0 Å². The summed E-state index contributed by atoms with van der Waals surface area (Å²) in [4.78, 5) is 32.0. The Morgan fingerprint density at radius 2 is 2.25 bits per heavy atom. The first-order chi connectivity index (χ1) is 7.41. The molecule has 7 heteroatoms. The van der Waals surface area contributed by atoms with Gasteiger partial charge in [0.1, 0.15) is 0 Å². The van der Waals surface area contributed by atoms with Gasteiger partial charge >= 0.3 is 0 Å². The molecule has 1 rings (SSSR count). The number of hydrogen-bond donors (Lipinski definition) is 1. The summed E-state index contributed by atoms with van der Waals surface area (Å²) in [5.41, 5.74) is 4.69. The van der Waals surface area contributed by atoms with Crippen molar-refractivity contribution in [2.24, 2.45) is 5.73 Å². The van der Waals surface area contributed by atoms with E-state index in [1.807, 2.05) is 0 Å². The van der Waals surface area contributed by atoms with Crippen LogP contribution in [0.25, 0.3) is 0 Å². The minimum absolute atomic E-state index is 0.0277. The van der Waals surface area contributed by atoms with Gasteiger partial charge in [-0.25, -0.2) is 0 Å². The Labute approximate surface area is 90.6 Å². The fraction of sp³-hybridized carbons (Fsp3) is 0.333. The fourth-order valence-corrected chi connectivity index (χ4v) is 1.25. The first-order valence-electron chi connectivity index (χ1n) is 4.55. The molecule has 0 aliphatic carbocycles. The summed E-state index contributed by atoms with van der Waals surface area (Å²) >= 11 is 0. The van der Waals surface area contributed by atoms with Crippen LogP contribution in [0.15, 0.2) is 17.1 Å². The fourth-order valence-electron chi connectivity index (χ4n) is 1.25. The lowest BCUT2D eigenvalue weighted by Crippen LogP contribution is -2.23. The molecule has 0 radical (unpaired) electrons. The van der Waals surface area contributed by atoms with E-state index in [0.29, 0.717) is 5.56 Å². The van der Waals surface area contributed by atoms with Crippen LogP contribution in [0.5, 0.6) is 0 Å². The standard InChI is InChI=1S/C9H11N3O4/c1-6-4-9(14)11(3-2-8(10)13)5-7(6)12(15)16/h4-5H,2-3H2,1H3,(H2,10,13). The van der Waals surface area contributed by atoms with Crippen LogP contribution in [0.1, 0.15) is 12.0 Å². The molecule has 0 saturated heterocycles. The van der Waals surface area contributed by atoms with Crippen molar-refractivity contribution in [3.8, 4) is 0 Å². The average molecular weight is 225 g/mol. The maximum Gasteiger partial charge on any atom is 0.288 e. The Bertz CT molecular complexity index is 492. The van der Waals surface area contributed by atoms with Gasteiger partial charge in [-0.2, -0.15) is 0 Å². The summed E-state index contributed by atoms with van der Waals surface area (Å²) < 4.78 is 1.11. The number of carbonyl (C=O) groups excluding carboxylic acids is 1. The zero-order chi connectivity index (χ0) is 12.3. The van der Waals surface area contributed by atoms with Crippen LogP contribution in [0.3, 0.4) is 0 Å². The summed E-state index contributed by atoms with van der Waals surface area (Å²) in [5.74, 6) is -0.560. The molecule has 0 aliphatic heterocycles. The van der Waals surface area contributed by atoms with Crippen molar-refractivity contribution >= 4 is 11.6 Å². The third-order valence-electron chi connectivity index (χ3n) is 2.10. The Kier molecular flexibility index (Phi) is 3.39. The quantitative estimate of drug-likeness (QED) is 0.571. The Morgan fingerprint density at radius 1 is 1.62 bits per heavy atom. The lowest BCUT2D eigenvalue weighted by molar-refractivity contribution is -0.385. The van der Waals surface area contributed by atoms with Crippen LogP contribution in [0, 0.1) is 17.0 Å². The minimum atomic E-state index is -0.574. The summed E-state index contributed by atoms with van der Waals surface area (Å²) in [6.07, 6.45) is 1.10. The van der Waals surface area contributed by atoms with Crippen molar-refractivity contribution in [1.82, 2.24) is 4.57 Å². The number of primary amides is 1. The summed E-state index contributed by atoms with van der Waals surface area (Å²) in [7, 11) is 0. The third-order valence-corrected chi connectivity index (χ3v) is 2.10. The van der Waals surface area contributed by atoms with Gasteiger partial charge in [-0.3, -0.25) is 19.7 Å². The van der Waals surface area contributed by atoms with E-state index in [1.165, 1.54) is 13.0 Å². The van der Waals surface area contributed by atoms with Crippen LogP contribution < -0.4 is 11.3 Å². The van der Waals surface area contributed by atoms with E-state index in [-0.39, 0.29) is 24.2 Å². The van der Waals surface area contributed by atoms with Gasteiger partial charge in [-0.05, 0) is 6.92 Å². The van der Waals surface area contributed by atoms with E-state index >= 15 is 0 Å². The predicted octanol–water partition coefficient (Wildman–Crippen LogP) is -0.0597. The molecule has 1 amide bonds. The van der Waals surface area contributed by atoms with E-state index < -0.39 is 10.8 Å². The number of aromatic nitrogens is 1. The normalized spacial score (nSPS) is 10.1. The molecule has 0 spiro atoms. The highest BCUT2D eigenvalue weighted by molar-refractivity contribution is 5.73. The van der Waals surface area contributed by atoms with Gasteiger partial charge in [-0.15, -0.1) is 0 Å². The van der Waals surface area contributed by atoms with Crippen molar-refractivity contribution in [3.63, 3.8) is 0 Å². The van der Waals surface area contributed by atoms with Crippen molar-refractivity contribution in [2.75, 3.05) is 0 Å². The van der Waals surface area contributed by atoms with E-state index in [2.05, 4.69) is 0 Å². The van der Waals surface area contributed by atoms with Crippen molar-refractivity contribution in [1.29, 1.82) is 0 Å². The molecule has 0 unspecified atom stereocenters. The number of amides is 1. The number of nitrogens with two attached hydrogens (primary N) is 1. The lowest BCUT2D eigenvalue weighted by atomic mass is 10.2. The van der Waals surface area contributed by atoms with Gasteiger partial charge in [0.25, 0.3) is 11.2 Å². The number of hydrogen-bond acceptors (Lipinski definition) is 4. The van der Waals surface area contributed by atoms with Gasteiger partial charge in [0.05, 0.1) is 11.1 Å². The van der Waals surface area contributed by atoms with Crippen molar-refractivity contribution in [2.45, 2.75) is 19.9 Å². The zero-order valence-corrected chi connectivity index (χ0v) is 8.67. The van der Waals surface area contributed by atoms with E-state index in [4.69, 9.17) is 5.73 Å². The molecule has 1 heterocycles. The topological polar surface area (TPSA) is 108 Å². The lowest BCUT2D eigenvalue weighted by Gasteiger charge is -2.04. The summed E-state index contributed by atoms with van der Waals surface area (Å²) in [5, 5.41) is 10.6. The molecule has 1 aromatic rings. The molecule has 86 valence electrons. The second-order valence-corrected chi connectivity index (χ2v) is 3.35. The maximum absolute atomic E-state index is 11.4. The SMILES string of the molecule is Cc1cc(=O)n(CCC(N)=O)cc1[N+](=O)[O-]. The van der Waals surface area contributed by atoms with Crippen LogP contribution in [0.4, 0.5) is 5.69 Å². The molecular formula is C9H11N3O4. The largest absolute Gasteiger partial charge is 0.370 e. The average Bonchev–Trinajstić information content (AvgIpc) is 2.15. The Hall–Kier alpha value is -2.18. The van der Waals surface area contributed by atoms with E-state index in [0.717, 1.165) is 10.8 Å². The van der Waals surface area contributed by atoms with Crippen LogP contribution in [-0.4, -0.2) is 15.4 Å². The van der Waals surface area contributed by atoms with Crippen molar-refractivity contribution < 1.29 is 9.72 Å². The van der Waals surface area contributed by atoms with Gasteiger partial charge in [0.2, 0.25) is 5.91 Å². The maximum atomic E-state index is 11.4. The van der Waals surface area contributed by atoms with Crippen LogP contribution in [-0.2, 0) is 11.3 Å². The summed E-state index contributed by atoms with van der Waals surface area (Å²) in [6, 6.07) is 1.17. The molecule has 0 aromatic carbocycles. The minimum Gasteiger partial charge on any atom is -0.370 e. The number of pyridine rings is 1. The molecule has 1 aromatic heterocycles. The van der Waals surface area contributed by atoms with Crippen molar-refractivity contribution in [3.05, 3.63) is 38.3 Å². The highest BCUT2D eigenvalue weighted by Gasteiger charge is 2.13. The second kappa shape index (κ2) is 4.56. The smallest absolute Gasteiger partial charge is 0.288 e. The highest BCUT2D eigenvalue weighted by atomic mass is 16.6. The molecular weight excluding hydrogens is 214 g/mol. The molecule has 0 aliphatic rings. The van der Waals surface area contributed by atoms with Gasteiger partial charge < -0.3 is 10.3 Å². The number of nitro groups is 1. The van der Waals surface area contributed by atoms with Crippen LogP contribution in [0.2, 0.25) is 0 Å². The summed E-state index contributed by atoms with van der Waals surface area (Å²) in [6.45, 7) is 1.53. The highest BCUT2D eigenvalue weighted by Crippen LogP contribution is 2.13. The molecule has 0 fully saturated rings. The van der Waals surface area contributed by atoms with Gasteiger partial charge in [-0.1, -0.05) is 0 Å². The number of carbonyl (C=O) groups is 1. The van der Waals surface area contributed by atoms with E-state index in [9.17, 15) is 19.7 Å². The zero-order valence-electron chi connectivity index (χ0n) is 8.67. The van der Waals surface area contributed by atoms with Gasteiger partial charge in [0, 0.05) is 24.6 Å². The number of aryl methyl sites for hydroxylation is 2. The van der Waals surface area contributed by atoms with Gasteiger partial charge in [0.15, 0.2) is 0 Å².